The molecule has 0 saturated heterocycles. The first-order valence-corrected chi connectivity index (χ1v) is 13.8. The molecule has 0 bridgehead atoms. The molecule has 4 aromatic rings. The second kappa shape index (κ2) is 12.3. The van der Waals surface area contributed by atoms with E-state index in [0.29, 0.717) is 11.3 Å². The predicted octanol–water partition coefficient (Wildman–Crippen LogP) is 4.61. The minimum atomic E-state index is -4.08. The van der Waals surface area contributed by atoms with Crippen molar-refractivity contribution in [3.8, 4) is 11.5 Å². The van der Waals surface area contributed by atoms with Gasteiger partial charge in [-0.1, -0.05) is 48.5 Å². The molecule has 0 aliphatic rings. The van der Waals surface area contributed by atoms with E-state index in [-0.39, 0.29) is 30.3 Å². The molecule has 0 atom stereocenters. The van der Waals surface area contributed by atoms with Crippen LogP contribution in [0, 0.1) is 5.82 Å². The molecule has 0 spiro atoms. The highest BCUT2D eigenvalue weighted by atomic mass is 32.2. The molecule has 3 aromatic carbocycles. The van der Waals surface area contributed by atoms with Gasteiger partial charge in [0.05, 0.1) is 5.75 Å². The van der Waals surface area contributed by atoms with Crippen LogP contribution < -0.4 is 9.62 Å². The van der Waals surface area contributed by atoms with Crippen molar-refractivity contribution in [2.45, 2.75) is 13.3 Å². The number of halogens is 1. The number of benzene rings is 3. The SMILES string of the molecule is CCN(C(=O)C(=Cc1coc(-c2ccc(F)cc2)n1)C(=O)NS(=O)(=O)CCc1ccccc1)c1ccccc1. The second-order valence-corrected chi connectivity index (χ2v) is 10.4. The van der Waals surface area contributed by atoms with Gasteiger partial charge in [-0.3, -0.25) is 9.59 Å². The lowest BCUT2D eigenvalue weighted by Gasteiger charge is -2.22. The number of oxazole rings is 1. The maximum absolute atomic E-state index is 13.6. The van der Waals surface area contributed by atoms with Crippen LogP contribution in [0.2, 0.25) is 0 Å². The molecular formula is C29H26FN3O5S. The Morgan fingerprint density at radius 3 is 2.26 bits per heavy atom. The fourth-order valence-corrected chi connectivity index (χ4v) is 4.79. The minimum Gasteiger partial charge on any atom is -0.444 e. The van der Waals surface area contributed by atoms with Crippen LogP contribution in [0.5, 0.6) is 0 Å². The molecular weight excluding hydrogens is 521 g/mol. The number of sulfonamides is 1. The molecule has 2 amide bonds. The van der Waals surface area contributed by atoms with Crippen molar-refractivity contribution in [1.29, 1.82) is 0 Å². The number of hydrogen-bond acceptors (Lipinski definition) is 6. The zero-order valence-electron chi connectivity index (χ0n) is 21.1. The van der Waals surface area contributed by atoms with Gasteiger partial charge in [0.2, 0.25) is 15.9 Å². The van der Waals surface area contributed by atoms with Crippen molar-refractivity contribution < 1.29 is 26.8 Å². The summed E-state index contributed by atoms with van der Waals surface area (Å²) in [5, 5.41) is 0. The predicted molar refractivity (Wildman–Crippen MR) is 146 cm³/mol. The number of nitrogens with one attached hydrogen (secondary N) is 1. The quantitative estimate of drug-likeness (QED) is 0.177. The number of para-hydroxylation sites is 1. The third-order valence-electron chi connectivity index (χ3n) is 5.76. The summed E-state index contributed by atoms with van der Waals surface area (Å²) < 4.78 is 46.3. The Bertz CT molecular complexity index is 1570. The molecule has 0 aliphatic carbocycles. The molecule has 39 heavy (non-hydrogen) atoms. The van der Waals surface area contributed by atoms with Crippen LogP contribution in [-0.4, -0.2) is 37.5 Å². The Hall–Kier alpha value is -4.57. The highest BCUT2D eigenvalue weighted by Gasteiger charge is 2.28. The number of aromatic nitrogens is 1. The van der Waals surface area contributed by atoms with Crippen molar-refractivity contribution in [2.75, 3.05) is 17.2 Å². The minimum absolute atomic E-state index is 0.110. The van der Waals surface area contributed by atoms with Crippen LogP contribution in [0.15, 0.2) is 101 Å². The number of nitrogens with zero attached hydrogens (tertiary/aromatic N) is 2. The Kier molecular flexibility index (Phi) is 8.67. The van der Waals surface area contributed by atoms with Gasteiger partial charge in [-0.25, -0.2) is 22.5 Å². The van der Waals surface area contributed by atoms with Crippen LogP contribution in [0.1, 0.15) is 18.2 Å². The number of likely N-dealkylation sites (N-methyl/N-ethyl adjacent to an activating group) is 1. The van der Waals surface area contributed by atoms with E-state index in [2.05, 4.69) is 4.98 Å². The molecule has 1 heterocycles. The van der Waals surface area contributed by atoms with E-state index in [4.69, 9.17) is 4.42 Å². The maximum atomic E-state index is 13.6. The highest BCUT2D eigenvalue weighted by molar-refractivity contribution is 7.90. The summed E-state index contributed by atoms with van der Waals surface area (Å²) in [4.78, 5) is 32.5. The van der Waals surface area contributed by atoms with E-state index < -0.39 is 33.2 Å². The van der Waals surface area contributed by atoms with Crippen molar-refractivity contribution in [2.24, 2.45) is 0 Å². The van der Waals surface area contributed by atoms with E-state index in [1.54, 1.807) is 61.5 Å². The van der Waals surface area contributed by atoms with Gasteiger partial charge in [-0.05, 0) is 61.4 Å². The number of rotatable bonds is 10. The summed E-state index contributed by atoms with van der Waals surface area (Å²) in [5.74, 6) is -2.44. The molecule has 0 saturated carbocycles. The van der Waals surface area contributed by atoms with E-state index in [1.807, 2.05) is 10.8 Å². The van der Waals surface area contributed by atoms with Gasteiger partial charge in [0.15, 0.2) is 0 Å². The largest absolute Gasteiger partial charge is 0.444 e. The number of amides is 2. The first-order valence-electron chi connectivity index (χ1n) is 12.1. The van der Waals surface area contributed by atoms with Crippen LogP contribution in [-0.2, 0) is 26.0 Å². The third-order valence-corrected chi connectivity index (χ3v) is 7.00. The van der Waals surface area contributed by atoms with E-state index in [1.165, 1.54) is 41.5 Å². The highest BCUT2D eigenvalue weighted by Crippen LogP contribution is 2.22. The average molecular weight is 548 g/mol. The van der Waals surface area contributed by atoms with E-state index >= 15 is 0 Å². The van der Waals surface area contributed by atoms with Gasteiger partial charge in [0.25, 0.3) is 11.8 Å². The van der Waals surface area contributed by atoms with Gasteiger partial charge in [-0.15, -0.1) is 0 Å². The summed E-state index contributed by atoms with van der Waals surface area (Å²) in [6.45, 7) is 1.95. The van der Waals surface area contributed by atoms with Crippen LogP contribution >= 0.6 is 0 Å². The molecule has 0 aliphatic heterocycles. The van der Waals surface area contributed by atoms with Crippen LogP contribution in [0.25, 0.3) is 17.5 Å². The summed E-state index contributed by atoms with van der Waals surface area (Å²) in [5.41, 5.74) is 1.47. The maximum Gasteiger partial charge on any atom is 0.270 e. The molecule has 0 unspecified atom stereocenters. The molecule has 1 N–H and O–H groups in total. The lowest BCUT2D eigenvalue weighted by molar-refractivity contribution is -0.121. The number of carbonyl (C=O) groups excluding carboxylic acids is 2. The lowest BCUT2D eigenvalue weighted by atomic mass is 10.1. The molecule has 1 aromatic heterocycles. The smallest absolute Gasteiger partial charge is 0.270 e. The zero-order chi connectivity index (χ0) is 27.8. The standard InChI is InChI=1S/C29H26FN3O5S/c1-2-33(25-11-7-4-8-12-25)29(35)26(19-24-20-38-28(31-24)22-13-15-23(30)16-14-22)27(34)32-39(36,37)18-17-21-9-5-3-6-10-21/h3-16,19-20H,2,17-18H2,1H3,(H,32,34). The van der Waals surface area contributed by atoms with Crippen LogP contribution in [0.3, 0.4) is 0 Å². The van der Waals surface area contributed by atoms with Crippen molar-refractivity contribution in [1.82, 2.24) is 9.71 Å². The monoisotopic (exact) mass is 547 g/mol. The molecule has 4 rings (SSSR count). The third kappa shape index (κ3) is 7.26. The molecule has 200 valence electrons. The van der Waals surface area contributed by atoms with Crippen molar-refractivity contribution in [3.63, 3.8) is 0 Å². The fraction of sp³-hybridized carbons (Fsp3) is 0.138. The first-order chi connectivity index (χ1) is 18.8. The Morgan fingerprint density at radius 1 is 0.974 bits per heavy atom. The summed E-state index contributed by atoms with van der Waals surface area (Å²) >= 11 is 0. The first kappa shape index (κ1) is 27.5. The Morgan fingerprint density at radius 2 is 1.62 bits per heavy atom. The average Bonchev–Trinajstić information content (AvgIpc) is 3.41. The number of hydrogen-bond donors (Lipinski definition) is 1. The molecule has 10 heteroatoms. The van der Waals surface area contributed by atoms with Crippen molar-refractivity contribution in [3.05, 3.63) is 114 Å². The molecule has 8 nitrogen and oxygen atoms in total. The number of anilines is 1. The summed E-state index contributed by atoms with van der Waals surface area (Å²) in [6, 6.07) is 23.1. The van der Waals surface area contributed by atoms with E-state index in [0.717, 1.165) is 5.56 Å². The normalized spacial score (nSPS) is 11.7. The lowest BCUT2D eigenvalue weighted by Crippen LogP contribution is -2.41. The topological polar surface area (TPSA) is 110 Å². The van der Waals surface area contributed by atoms with Gasteiger partial charge >= 0.3 is 0 Å². The Labute approximate surface area is 225 Å². The summed E-state index contributed by atoms with van der Waals surface area (Å²) in [6.07, 6.45) is 2.58. The second-order valence-electron chi connectivity index (χ2n) is 8.51. The van der Waals surface area contributed by atoms with Crippen LogP contribution in [0.4, 0.5) is 10.1 Å². The zero-order valence-corrected chi connectivity index (χ0v) is 21.9. The number of aryl methyl sites for hydroxylation is 1. The van der Waals surface area contributed by atoms with Gasteiger partial charge in [-0.2, -0.15) is 0 Å². The summed E-state index contributed by atoms with van der Waals surface area (Å²) in [7, 11) is -4.08. The molecule has 0 radical (unpaired) electrons. The van der Waals surface area contributed by atoms with Crippen molar-refractivity contribution >= 4 is 33.6 Å². The molecule has 0 fully saturated rings. The van der Waals surface area contributed by atoms with E-state index in [9.17, 15) is 22.4 Å². The fourth-order valence-electron chi connectivity index (χ4n) is 3.79. The number of carbonyl (C=O) groups is 2. The van der Waals surface area contributed by atoms with Gasteiger partial charge < -0.3 is 9.32 Å². The van der Waals surface area contributed by atoms with Gasteiger partial charge in [0, 0.05) is 17.8 Å². The Balaban J connectivity index is 1.64. The van der Waals surface area contributed by atoms with Gasteiger partial charge in [0.1, 0.15) is 23.3 Å².